The van der Waals surface area contributed by atoms with Crippen LogP contribution >= 0.6 is 34.8 Å². The highest BCUT2D eigenvalue weighted by atomic mass is 35.6. The third-order valence-corrected chi connectivity index (χ3v) is 9.55. The van der Waals surface area contributed by atoms with E-state index in [0.717, 1.165) is 5.39 Å². The number of benzene rings is 1. The molecule has 2 aromatic rings. The number of rotatable bonds is 11. The third kappa shape index (κ3) is 11.7. The Balaban J connectivity index is 1.55. The van der Waals surface area contributed by atoms with Crippen LogP contribution in [-0.2, 0) is 28.7 Å². The maximum Gasteiger partial charge on any atom is 0.411 e. The second-order valence-electron chi connectivity index (χ2n) is 15.3. The Kier molecular flexibility index (Phi) is 14.5. The summed E-state index contributed by atoms with van der Waals surface area (Å²) >= 11 is 17.1. The molecular weight excluding hydrogens is 775 g/mol. The van der Waals surface area contributed by atoms with Crippen molar-refractivity contribution in [2.24, 2.45) is 5.92 Å². The first-order valence-corrected chi connectivity index (χ1v) is 19.4. The lowest BCUT2D eigenvalue weighted by Gasteiger charge is -2.37. The molecule has 0 bridgehead atoms. The molecule has 0 spiro atoms. The van der Waals surface area contributed by atoms with Gasteiger partial charge in [0.25, 0.3) is 11.8 Å². The molecule has 1 aromatic carbocycles. The maximum absolute atomic E-state index is 14.5. The number of ether oxygens (including phenoxy) is 2. The fourth-order valence-corrected chi connectivity index (χ4v) is 6.55. The smallest absolute Gasteiger partial charge is 0.411 e. The minimum atomic E-state index is -1.79. The number of likely N-dealkylation sites (tertiary alicyclic amines) is 1. The minimum absolute atomic E-state index is 0.232. The quantitative estimate of drug-likeness (QED) is 0.176. The SMILES string of the molecule is CC(C)[C@H](NC(=O)C1(/C=C/c2ccc3ccc([C@@H](C)O)nc3c2)CCCN1C(=O)OC(C)(C)C)C(=O)N[C@@H](C)C(=O)N1CCC[C@@H](C(=O)OCC(Cl)(Cl)Cl)N1. The van der Waals surface area contributed by atoms with Gasteiger partial charge in [-0.1, -0.05) is 72.9 Å². The number of nitrogens with one attached hydrogen (secondary N) is 3. The fourth-order valence-electron chi connectivity index (χ4n) is 6.39. The van der Waals surface area contributed by atoms with Gasteiger partial charge in [-0.25, -0.2) is 10.2 Å². The predicted octanol–water partition coefficient (Wildman–Crippen LogP) is 5.13. The molecular formula is C38H51Cl3N6O8. The van der Waals surface area contributed by atoms with Crippen LogP contribution in [0.4, 0.5) is 4.79 Å². The van der Waals surface area contributed by atoms with Crippen molar-refractivity contribution < 1.29 is 38.6 Å². The zero-order chi connectivity index (χ0) is 40.9. The number of pyridine rings is 1. The van der Waals surface area contributed by atoms with Crippen molar-refractivity contribution in [3.8, 4) is 0 Å². The molecule has 2 aliphatic rings. The summed E-state index contributed by atoms with van der Waals surface area (Å²) in [6.45, 7) is 11.9. The van der Waals surface area contributed by atoms with Crippen molar-refractivity contribution in [1.29, 1.82) is 0 Å². The normalized spacial score (nSPS) is 21.0. The fraction of sp³-hybridized carbons (Fsp3) is 0.579. The largest absolute Gasteiger partial charge is 0.460 e. The first-order valence-electron chi connectivity index (χ1n) is 18.3. The molecule has 4 rings (SSSR count). The highest BCUT2D eigenvalue weighted by Crippen LogP contribution is 2.34. The molecule has 1 unspecified atom stereocenters. The summed E-state index contributed by atoms with van der Waals surface area (Å²) in [6, 6.07) is 6.16. The first-order chi connectivity index (χ1) is 25.6. The topological polar surface area (TPSA) is 180 Å². The van der Waals surface area contributed by atoms with E-state index in [4.69, 9.17) is 44.3 Å². The van der Waals surface area contributed by atoms with Crippen LogP contribution in [0.5, 0.6) is 0 Å². The number of aliphatic hydroxyl groups is 1. The Labute approximate surface area is 336 Å². The summed E-state index contributed by atoms with van der Waals surface area (Å²) in [4.78, 5) is 73.9. The average Bonchev–Trinajstić information content (AvgIpc) is 3.55. The second kappa shape index (κ2) is 18.1. The number of aliphatic hydroxyl groups excluding tert-OH is 1. The average molecular weight is 826 g/mol. The van der Waals surface area contributed by atoms with E-state index >= 15 is 0 Å². The van der Waals surface area contributed by atoms with Gasteiger partial charge in [-0.2, -0.15) is 0 Å². The van der Waals surface area contributed by atoms with Crippen LogP contribution in [0.2, 0.25) is 0 Å². The van der Waals surface area contributed by atoms with Crippen LogP contribution in [0.1, 0.15) is 91.5 Å². The maximum atomic E-state index is 14.5. The first kappa shape index (κ1) is 44.0. The van der Waals surface area contributed by atoms with E-state index in [9.17, 15) is 29.1 Å². The molecule has 0 radical (unpaired) electrons. The Hall–Kier alpha value is -3.69. The number of esters is 1. The van der Waals surface area contributed by atoms with Crippen molar-refractivity contribution in [2.45, 2.75) is 113 Å². The molecule has 4 amide bonds. The van der Waals surface area contributed by atoms with Crippen LogP contribution < -0.4 is 16.1 Å². The van der Waals surface area contributed by atoms with Gasteiger partial charge in [-0.3, -0.25) is 34.1 Å². The number of hydrogen-bond donors (Lipinski definition) is 4. The lowest BCUT2D eigenvalue weighted by atomic mass is 9.91. The molecule has 3 heterocycles. The molecule has 1 aromatic heterocycles. The van der Waals surface area contributed by atoms with Gasteiger partial charge < -0.3 is 25.2 Å². The number of carbonyl (C=O) groups is 5. The number of alkyl halides is 3. The summed E-state index contributed by atoms with van der Waals surface area (Å²) in [6.07, 6.45) is 3.53. The standard InChI is InChI=1S/C38H51Cl3N6O8/c1-22(2)30(31(49)42-23(3)32(50)47-19-8-10-28(45-47)33(51)54-21-38(39,40)41)44-34(52)37(16-9-18-46(37)35(53)55-36(5,6)7)17-15-25-11-12-26-13-14-27(24(4)48)43-29(26)20-25/h11-15,17,20,22-24,28,30,45,48H,8-10,16,18-19,21H2,1-7H3,(H,42,49)(H,44,52)/b17-15+/t23-,24+,28-,30-,37?/m0/s1. The Bertz CT molecular complexity index is 1780. The summed E-state index contributed by atoms with van der Waals surface area (Å²) in [5.74, 6) is -2.85. The molecule has 5 atom stereocenters. The van der Waals surface area contributed by atoms with Crippen molar-refractivity contribution in [1.82, 2.24) is 31.0 Å². The van der Waals surface area contributed by atoms with Crippen LogP contribution in [0, 0.1) is 5.92 Å². The van der Waals surface area contributed by atoms with E-state index in [2.05, 4.69) is 21.0 Å². The van der Waals surface area contributed by atoms with Gasteiger partial charge >= 0.3 is 12.1 Å². The third-order valence-electron chi connectivity index (χ3n) is 9.23. The molecule has 2 fully saturated rings. The van der Waals surface area contributed by atoms with Gasteiger partial charge in [0.05, 0.1) is 17.3 Å². The van der Waals surface area contributed by atoms with E-state index in [1.165, 1.54) is 16.8 Å². The predicted molar refractivity (Wildman–Crippen MR) is 210 cm³/mol. The zero-order valence-electron chi connectivity index (χ0n) is 32.2. The number of amides is 4. The van der Waals surface area contributed by atoms with E-state index in [1.807, 2.05) is 24.3 Å². The van der Waals surface area contributed by atoms with Crippen molar-refractivity contribution in [3.05, 3.63) is 47.7 Å². The molecule has 0 aliphatic carbocycles. The minimum Gasteiger partial charge on any atom is -0.460 e. The van der Waals surface area contributed by atoms with Crippen molar-refractivity contribution in [2.75, 3.05) is 19.7 Å². The van der Waals surface area contributed by atoms with Crippen LogP contribution in [0.25, 0.3) is 17.0 Å². The number of aromatic nitrogens is 1. The van der Waals surface area contributed by atoms with Gasteiger partial charge in [0.1, 0.15) is 35.9 Å². The van der Waals surface area contributed by atoms with Crippen molar-refractivity contribution >= 4 is 81.6 Å². The Morgan fingerprint density at radius 1 is 1.04 bits per heavy atom. The summed E-state index contributed by atoms with van der Waals surface area (Å²) in [7, 11) is 0. The van der Waals surface area contributed by atoms with Gasteiger partial charge in [0.2, 0.25) is 9.70 Å². The van der Waals surface area contributed by atoms with E-state index in [1.54, 1.807) is 59.8 Å². The molecule has 302 valence electrons. The molecule has 2 saturated heterocycles. The summed E-state index contributed by atoms with van der Waals surface area (Å²) in [5, 5.41) is 17.7. The molecule has 14 nitrogen and oxygen atoms in total. The van der Waals surface area contributed by atoms with E-state index < -0.39 is 81.5 Å². The van der Waals surface area contributed by atoms with Gasteiger partial charge in [0.15, 0.2) is 0 Å². The summed E-state index contributed by atoms with van der Waals surface area (Å²) in [5.41, 5.74) is 2.32. The molecule has 2 aliphatic heterocycles. The number of hydrogen-bond acceptors (Lipinski definition) is 10. The highest BCUT2D eigenvalue weighted by Gasteiger charge is 2.50. The molecule has 17 heteroatoms. The van der Waals surface area contributed by atoms with E-state index in [-0.39, 0.29) is 19.5 Å². The number of fused-ring (bicyclic) bond motifs is 1. The molecule has 0 saturated carbocycles. The second-order valence-corrected chi connectivity index (χ2v) is 17.8. The number of carbonyl (C=O) groups excluding carboxylic acids is 5. The molecule has 55 heavy (non-hydrogen) atoms. The Morgan fingerprint density at radius 2 is 1.73 bits per heavy atom. The van der Waals surface area contributed by atoms with Crippen LogP contribution in [0.3, 0.4) is 0 Å². The monoisotopic (exact) mass is 824 g/mol. The lowest BCUT2D eigenvalue weighted by Crippen LogP contribution is -2.63. The van der Waals surface area contributed by atoms with Gasteiger partial charge in [-0.05, 0) is 90.0 Å². The number of hydrazine groups is 1. The number of halogens is 3. The summed E-state index contributed by atoms with van der Waals surface area (Å²) < 4.78 is 9.00. The van der Waals surface area contributed by atoms with Gasteiger partial charge in [0, 0.05) is 18.5 Å². The Morgan fingerprint density at radius 3 is 2.36 bits per heavy atom. The molecule has 4 N–H and O–H groups in total. The van der Waals surface area contributed by atoms with Crippen LogP contribution in [-0.4, -0.2) is 103 Å². The highest BCUT2D eigenvalue weighted by molar-refractivity contribution is 6.67. The zero-order valence-corrected chi connectivity index (χ0v) is 34.4. The van der Waals surface area contributed by atoms with E-state index in [0.29, 0.717) is 36.0 Å². The van der Waals surface area contributed by atoms with Crippen molar-refractivity contribution in [3.63, 3.8) is 0 Å². The lowest BCUT2D eigenvalue weighted by molar-refractivity contribution is -0.152. The van der Waals surface area contributed by atoms with Crippen LogP contribution in [0.15, 0.2) is 36.4 Å². The number of nitrogens with zero attached hydrogens (tertiary/aromatic N) is 3. The van der Waals surface area contributed by atoms with Gasteiger partial charge in [-0.15, -0.1) is 0 Å².